The first kappa shape index (κ1) is 15.8. The van der Waals surface area contributed by atoms with Crippen LogP contribution in [-0.4, -0.2) is 38.5 Å². The van der Waals surface area contributed by atoms with E-state index < -0.39 is 0 Å². The Balaban J connectivity index is 1.41. The minimum absolute atomic E-state index is 0.0199. The van der Waals surface area contributed by atoms with E-state index in [1.54, 1.807) is 4.40 Å². The predicted octanol–water partition coefficient (Wildman–Crippen LogP) is 2.58. The van der Waals surface area contributed by atoms with Crippen molar-refractivity contribution in [1.82, 2.24) is 19.5 Å². The van der Waals surface area contributed by atoms with E-state index >= 15 is 0 Å². The summed E-state index contributed by atoms with van der Waals surface area (Å²) in [6, 6.07) is 16.1. The summed E-state index contributed by atoms with van der Waals surface area (Å²) in [6.45, 7) is 2.70. The van der Waals surface area contributed by atoms with Crippen LogP contribution in [0.5, 0.6) is 0 Å². The third-order valence-corrected chi connectivity index (χ3v) is 4.67. The number of nitrogens with zero attached hydrogens (tertiary/aromatic N) is 4. The number of likely N-dealkylation sites (tertiary alicyclic amines) is 1. The number of piperidine rings is 1. The standard InChI is InChI=1S/C19H21N5O/c25-18(20-19-22-21-17-10-4-5-12-24(17)19)16-9-6-11-23(14-16)13-15-7-2-1-3-8-15/h1-5,7-8,10,12,16H,6,9,11,13-14H2,(H,20,22,25). The van der Waals surface area contributed by atoms with Crippen molar-refractivity contribution < 1.29 is 4.79 Å². The third kappa shape index (κ3) is 3.53. The number of aromatic nitrogens is 3. The molecule has 0 bridgehead atoms. The number of benzene rings is 1. The highest BCUT2D eigenvalue weighted by Crippen LogP contribution is 2.20. The van der Waals surface area contributed by atoms with E-state index in [-0.39, 0.29) is 11.8 Å². The fourth-order valence-corrected chi connectivity index (χ4v) is 3.39. The second-order valence-electron chi connectivity index (χ2n) is 6.50. The molecule has 0 aliphatic carbocycles. The van der Waals surface area contributed by atoms with Crippen molar-refractivity contribution in [2.75, 3.05) is 18.4 Å². The van der Waals surface area contributed by atoms with Crippen molar-refractivity contribution in [3.8, 4) is 0 Å². The molecule has 1 N–H and O–H groups in total. The summed E-state index contributed by atoms with van der Waals surface area (Å²) in [4.78, 5) is 15.0. The van der Waals surface area contributed by atoms with Gasteiger partial charge in [0.05, 0.1) is 5.92 Å². The minimum Gasteiger partial charge on any atom is -0.298 e. The molecule has 3 heterocycles. The molecule has 1 aromatic carbocycles. The number of fused-ring (bicyclic) bond motifs is 1. The van der Waals surface area contributed by atoms with Gasteiger partial charge in [0.1, 0.15) is 0 Å². The first-order valence-electron chi connectivity index (χ1n) is 8.66. The Bertz CT molecular complexity index is 860. The van der Waals surface area contributed by atoms with Crippen molar-refractivity contribution in [1.29, 1.82) is 0 Å². The Morgan fingerprint density at radius 2 is 1.96 bits per heavy atom. The van der Waals surface area contributed by atoms with Crippen molar-refractivity contribution >= 4 is 17.5 Å². The summed E-state index contributed by atoms with van der Waals surface area (Å²) < 4.78 is 1.79. The number of anilines is 1. The van der Waals surface area contributed by atoms with Gasteiger partial charge in [-0.25, -0.2) is 0 Å². The van der Waals surface area contributed by atoms with E-state index in [0.717, 1.165) is 38.1 Å². The summed E-state index contributed by atoms with van der Waals surface area (Å²) in [7, 11) is 0. The summed E-state index contributed by atoms with van der Waals surface area (Å²) in [6.07, 6.45) is 3.80. The molecule has 6 nitrogen and oxygen atoms in total. The first-order chi connectivity index (χ1) is 12.3. The summed E-state index contributed by atoms with van der Waals surface area (Å²) in [5, 5.41) is 11.1. The van der Waals surface area contributed by atoms with Crippen LogP contribution in [-0.2, 0) is 11.3 Å². The Hall–Kier alpha value is -2.73. The number of pyridine rings is 1. The molecule has 1 fully saturated rings. The smallest absolute Gasteiger partial charge is 0.235 e. The van der Waals surface area contributed by atoms with Gasteiger partial charge in [-0.1, -0.05) is 36.4 Å². The summed E-state index contributed by atoms with van der Waals surface area (Å²) in [5.41, 5.74) is 2.01. The lowest BCUT2D eigenvalue weighted by atomic mass is 9.96. The normalized spacial score (nSPS) is 18.3. The molecule has 1 amide bonds. The molecule has 128 valence electrons. The van der Waals surface area contributed by atoms with Crippen LogP contribution >= 0.6 is 0 Å². The lowest BCUT2D eigenvalue weighted by molar-refractivity contribution is -0.121. The maximum atomic E-state index is 12.7. The molecule has 0 saturated carbocycles. The van der Waals surface area contributed by atoms with Gasteiger partial charge in [-0.15, -0.1) is 10.2 Å². The maximum Gasteiger partial charge on any atom is 0.235 e. The van der Waals surface area contributed by atoms with Crippen LogP contribution in [0.15, 0.2) is 54.7 Å². The highest BCUT2D eigenvalue weighted by atomic mass is 16.2. The quantitative estimate of drug-likeness (QED) is 0.796. The fourth-order valence-electron chi connectivity index (χ4n) is 3.39. The molecule has 4 rings (SSSR count). The molecule has 6 heteroatoms. The van der Waals surface area contributed by atoms with E-state index in [1.807, 2.05) is 30.5 Å². The first-order valence-corrected chi connectivity index (χ1v) is 8.66. The van der Waals surface area contributed by atoms with Gasteiger partial charge in [0.15, 0.2) is 5.65 Å². The van der Waals surface area contributed by atoms with Gasteiger partial charge in [-0.2, -0.15) is 0 Å². The van der Waals surface area contributed by atoms with Crippen molar-refractivity contribution in [3.63, 3.8) is 0 Å². The molecular formula is C19H21N5O. The van der Waals surface area contributed by atoms with Crippen molar-refractivity contribution in [3.05, 3.63) is 60.3 Å². The van der Waals surface area contributed by atoms with Crippen LogP contribution < -0.4 is 5.32 Å². The van der Waals surface area contributed by atoms with Gasteiger partial charge >= 0.3 is 0 Å². The molecule has 1 aliphatic rings. The van der Waals surface area contributed by atoms with E-state index in [9.17, 15) is 4.79 Å². The average molecular weight is 335 g/mol. The molecular weight excluding hydrogens is 314 g/mol. The van der Waals surface area contributed by atoms with Gasteiger partial charge in [-0.3, -0.25) is 19.4 Å². The highest BCUT2D eigenvalue weighted by molar-refractivity contribution is 5.91. The van der Waals surface area contributed by atoms with Gasteiger partial charge in [0.2, 0.25) is 11.9 Å². The fraction of sp³-hybridized carbons (Fsp3) is 0.316. The van der Waals surface area contributed by atoms with Crippen LogP contribution in [0.25, 0.3) is 5.65 Å². The Morgan fingerprint density at radius 3 is 2.84 bits per heavy atom. The van der Waals surface area contributed by atoms with Crippen LogP contribution in [0.3, 0.4) is 0 Å². The van der Waals surface area contributed by atoms with E-state index in [0.29, 0.717) is 5.95 Å². The zero-order valence-corrected chi connectivity index (χ0v) is 14.0. The van der Waals surface area contributed by atoms with Gasteiger partial charge in [0.25, 0.3) is 0 Å². The summed E-state index contributed by atoms with van der Waals surface area (Å²) >= 11 is 0. The van der Waals surface area contributed by atoms with Gasteiger partial charge in [-0.05, 0) is 37.1 Å². The lowest BCUT2D eigenvalue weighted by Crippen LogP contribution is -2.40. The monoisotopic (exact) mass is 335 g/mol. The van der Waals surface area contributed by atoms with E-state index in [2.05, 4.69) is 44.7 Å². The number of nitrogens with one attached hydrogen (secondary N) is 1. The average Bonchev–Trinajstić information content (AvgIpc) is 3.06. The van der Waals surface area contributed by atoms with Crippen molar-refractivity contribution in [2.24, 2.45) is 5.92 Å². The number of carbonyl (C=O) groups is 1. The second kappa shape index (κ2) is 7.03. The summed E-state index contributed by atoms with van der Waals surface area (Å²) in [5.74, 6) is 0.491. The molecule has 1 atom stereocenters. The van der Waals surface area contributed by atoms with Crippen molar-refractivity contribution in [2.45, 2.75) is 19.4 Å². The predicted molar refractivity (Wildman–Crippen MR) is 96.1 cm³/mol. The molecule has 3 aromatic rings. The topological polar surface area (TPSA) is 62.5 Å². The molecule has 1 saturated heterocycles. The Morgan fingerprint density at radius 1 is 1.12 bits per heavy atom. The van der Waals surface area contributed by atoms with E-state index in [4.69, 9.17) is 0 Å². The number of hydrogen-bond acceptors (Lipinski definition) is 4. The minimum atomic E-state index is -0.0199. The highest BCUT2D eigenvalue weighted by Gasteiger charge is 2.26. The molecule has 2 aromatic heterocycles. The largest absolute Gasteiger partial charge is 0.298 e. The molecule has 0 spiro atoms. The number of carbonyl (C=O) groups excluding carboxylic acids is 1. The molecule has 1 unspecified atom stereocenters. The van der Waals surface area contributed by atoms with Crippen LogP contribution in [0.2, 0.25) is 0 Å². The SMILES string of the molecule is O=C(Nc1nnc2ccccn12)C1CCCN(Cc2ccccc2)C1. The van der Waals surface area contributed by atoms with Crippen LogP contribution in [0.1, 0.15) is 18.4 Å². The number of hydrogen-bond donors (Lipinski definition) is 1. The Kier molecular flexibility index (Phi) is 4.43. The molecule has 0 radical (unpaired) electrons. The lowest BCUT2D eigenvalue weighted by Gasteiger charge is -2.31. The number of amides is 1. The van der Waals surface area contributed by atoms with E-state index in [1.165, 1.54) is 5.56 Å². The zero-order valence-electron chi connectivity index (χ0n) is 14.0. The third-order valence-electron chi connectivity index (χ3n) is 4.67. The molecule has 25 heavy (non-hydrogen) atoms. The van der Waals surface area contributed by atoms with Gasteiger partial charge in [0, 0.05) is 19.3 Å². The van der Waals surface area contributed by atoms with Crippen LogP contribution in [0.4, 0.5) is 5.95 Å². The molecule has 1 aliphatic heterocycles. The van der Waals surface area contributed by atoms with Crippen LogP contribution in [0, 0.1) is 5.92 Å². The Labute approximate surface area is 146 Å². The zero-order chi connectivity index (χ0) is 17.1. The number of rotatable bonds is 4. The maximum absolute atomic E-state index is 12.7. The second-order valence-corrected chi connectivity index (χ2v) is 6.50. The van der Waals surface area contributed by atoms with Gasteiger partial charge < -0.3 is 0 Å².